The zero-order valence-corrected chi connectivity index (χ0v) is 28.1. The molecule has 0 spiro atoms. The first-order chi connectivity index (χ1) is 23.0. The van der Waals surface area contributed by atoms with Crippen LogP contribution in [0.3, 0.4) is 0 Å². The van der Waals surface area contributed by atoms with Crippen LogP contribution in [-0.4, -0.2) is 0 Å². The van der Waals surface area contributed by atoms with Gasteiger partial charge >= 0.3 is 0 Å². The van der Waals surface area contributed by atoms with Gasteiger partial charge in [0.2, 0.25) is 0 Å². The van der Waals surface area contributed by atoms with Crippen molar-refractivity contribution in [3.63, 3.8) is 0 Å². The van der Waals surface area contributed by atoms with Gasteiger partial charge in [0, 0.05) is 22.4 Å². The van der Waals surface area contributed by atoms with E-state index in [1.54, 1.807) is 5.56 Å². The lowest BCUT2D eigenvalue weighted by Crippen LogP contribution is -2.17. The molecule has 0 amide bonds. The Bertz CT molecular complexity index is 1890. The summed E-state index contributed by atoms with van der Waals surface area (Å²) in [5.41, 5.74) is 14.8. The lowest BCUT2D eigenvalue weighted by atomic mass is 9.81. The molecule has 0 aliphatic heterocycles. The number of hydrogen-bond donors (Lipinski definition) is 0. The fourth-order valence-corrected chi connectivity index (χ4v) is 10.1. The average molecular weight is 614 g/mol. The molecule has 47 heavy (non-hydrogen) atoms. The highest BCUT2D eigenvalue weighted by molar-refractivity contribution is 5.94. The normalized spacial score (nSPS) is 22.6. The van der Waals surface area contributed by atoms with Crippen molar-refractivity contribution in [3.05, 3.63) is 138 Å². The number of fused-ring (bicyclic) bond motifs is 5. The van der Waals surface area contributed by atoms with E-state index in [1.165, 1.54) is 114 Å². The number of nitrogens with zero attached hydrogens (tertiary/aromatic N) is 1. The van der Waals surface area contributed by atoms with Crippen LogP contribution in [0, 0.1) is 11.8 Å². The molecule has 1 heteroatoms. The zero-order valence-electron chi connectivity index (χ0n) is 28.1. The maximum Gasteiger partial charge on any atom is 0.0543 e. The molecule has 0 aromatic heterocycles. The highest BCUT2D eigenvalue weighted by Gasteiger charge is 2.40. The van der Waals surface area contributed by atoms with Gasteiger partial charge in [-0.1, -0.05) is 118 Å². The minimum absolute atomic E-state index is 0.0714. The lowest BCUT2D eigenvalue weighted by molar-refractivity contribution is 0.420. The molecule has 5 aromatic rings. The first kappa shape index (κ1) is 29.1. The van der Waals surface area contributed by atoms with Crippen LogP contribution in [0.25, 0.3) is 22.3 Å². The lowest BCUT2D eigenvalue weighted by Gasteiger charge is -2.31. The highest BCUT2D eigenvalue weighted by Crippen LogP contribution is 2.55. The Kier molecular flexibility index (Phi) is 7.14. The van der Waals surface area contributed by atoms with Crippen LogP contribution < -0.4 is 4.90 Å². The number of rotatable bonds is 6. The minimum Gasteiger partial charge on any atom is -0.310 e. The summed E-state index contributed by atoms with van der Waals surface area (Å²) in [6.45, 7) is 4.80. The summed E-state index contributed by atoms with van der Waals surface area (Å²) >= 11 is 0. The smallest absolute Gasteiger partial charge is 0.0543 e. The molecule has 4 aliphatic rings. The molecule has 0 saturated heterocycles. The summed E-state index contributed by atoms with van der Waals surface area (Å²) in [5, 5.41) is 0. The quantitative estimate of drug-likeness (QED) is 0.184. The maximum atomic E-state index is 2.55. The van der Waals surface area contributed by atoms with Gasteiger partial charge in [-0.05, 0) is 131 Å². The second-order valence-electron chi connectivity index (χ2n) is 15.6. The molecule has 2 bridgehead atoms. The van der Waals surface area contributed by atoms with Crippen LogP contribution in [0.15, 0.2) is 115 Å². The van der Waals surface area contributed by atoms with Gasteiger partial charge in [-0.25, -0.2) is 0 Å². The summed E-state index contributed by atoms with van der Waals surface area (Å²) in [6, 6.07) is 44.5. The molecule has 1 nitrogen and oxygen atoms in total. The van der Waals surface area contributed by atoms with Crippen LogP contribution in [0.1, 0.15) is 106 Å². The SMILES string of the molecule is CC1(C)c2ccccc2-c2cc(-c3ccccc3)c(N(c3ccc(C4CCCCC4)cc3)c3ccc(C4CC5CCC4C5)cc3)cc21. The van der Waals surface area contributed by atoms with Gasteiger partial charge < -0.3 is 4.90 Å². The predicted molar refractivity (Wildman–Crippen MR) is 198 cm³/mol. The Balaban J connectivity index is 1.21. The number of hydrogen-bond acceptors (Lipinski definition) is 1. The van der Waals surface area contributed by atoms with Crippen LogP contribution in [-0.2, 0) is 5.41 Å². The van der Waals surface area contributed by atoms with Crippen molar-refractivity contribution in [2.45, 2.75) is 88.9 Å². The van der Waals surface area contributed by atoms with Gasteiger partial charge in [0.25, 0.3) is 0 Å². The minimum atomic E-state index is -0.0714. The second-order valence-corrected chi connectivity index (χ2v) is 15.6. The Labute approximate surface area is 281 Å². The van der Waals surface area contributed by atoms with E-state index < -0.39 is 0 Å². The van der Waals surface area contributed by atoms with Crippen LogP contribution in [0.4, 0.5) is 17.1 Å². The van der Waals surface area contributed by atoms with Gasteiger partial charge in [0.1, 0.15) is 0 Å². The van der Waals surface area contributed by atoms with Gasteiger partial charge in [-0.2, -0.15) is 0 Å². The van der Waals surface area contributed by atoms with Crippen molar-refractivity contribution in [1.82, 2.24) is 0 Å². The summed E-state index contributed by atoms with van der Waals surface area (Å²) in [4.78, 5) is 2.55. The van der Waals surface area contributed by atoms with E-state index >= 15 is 0 Å². The topological polar surface area (TPSA) is 3.24 Å². The third-order valence-corrected chi connectivity index (χ3v) is 12.6. The van der Waals surface area contributed by atoms with Crippen molar-refractivity contribution >= 4 is 17.1 Å². The van der Waals surface area contributed by atoms with E-state index in [0.29, 0.717) is 5.92 Å². The molecule has 0 radical (unpaired) electrons. The zero-order chi connectivity index (χ0) is 31.5. The third-order valence-electron chi connectivity index (χ3n) is 12.6. The first-order valence-electron chi connectivity index (χ1n) is 18.4. The molecule has 236 valence electrons. The molecular formula is C46H47N. The molecular weight excluding hydrogens is 567 g/mol. The summed E-state index contributed by atoms with van der Waals surface area (Å²) < 4.78 is 0. The molecule has 9 rings (SSSR count). The van der Waals surface area contributed by atoms with E-state index in [9.17, 15) is 0 Å². The predicted octanol–water partition coefficient (Wildman–Crippen LogP) is 13.1. The molecule has 3 fully saturated rings. The second kappa shape index (κ2) is 11.6. The molecule has 3 saturated carbocycles. The molecule has 0 heterocycles. The van der Waals surface area contributed by atoms with Crippen LogP contribution in [0.2, 0.25) is 0 Å². The number of anilines is 3. The summed E-state index contributed by atoms with van der Waals surface area (Å²) in [7, 11) is 0. The van der Waals surface area contributed by atoms with E-state index in [2.05, 4.69) is 134 Å². The fraction of sp³-hybridized carbons (Fsp3) is 0.348. The highest BCUT2D eigenvalue weighted by atomic mass is 15.1. The summed E-state index contributed by atoms with van der Waals surface area (Å²) in [5.74, 6) is 3.28. The molecule has 5 aromatic carbocycles. The van der Waals surface area contributed by atoms with E-state index in [0.717, 1.165) is 17.8 Å². The Morgan fingerprint density at radius 3 is 1.91 bits per heavy atom. The van der Waals surface area contributed by atoms with Gasteiger partial charge in [0.05, 0.1) is 5.69 Å². The van der Waals surface area contributed by atoms with Crippen LogP contribution in [0.5, 0.6) is 0 Å². The van der Waals surface area contributed by atoms with Gasteiger partial charge in [0.15, 0.2) is 0 Å². The van der Waals surface area contributed by atoms with Crippen molar-refractivity contribution in [2.24, 2.45) is 11.8 Å². The molecule has 3 unspecified atom stereocenters. The largest absolute Gasteiger partial charge is 0.310 e. The van der Waals surface area contributed by atoms with Crippen molar-refractivity contribution in [1.29, 1.82) is 0 Å². The van der Waals surface area contributed by atoms with Crippen molar-refractivity contribution in [2.75, 3.05) is 4.90 Å². The van der Waals surface area contributed by atoms with Crippen molar-refractivity contribution < 1.29 is 0 Å². The van der Waals surface area contributed by atoms with Crippen molar-refractivity contribution in [3.8, 4) is 22.3 Å². The van der Waals surface area contributed by atoms with E-state index in [4.69, 9.17) is 0 Å². The van der Waals surface area contributed by atoms with E-state index in [-0.39, 0.29) is 5.41 Å². The Morgan fingerprint density at radius 1 is 0.553 bits per heavy atom. The standard InChI is InChI=1S/C46H47N/c1-46(2)43-16-10-9-15-39(43)42-29-41(34-13-7-4-8-14-34)45(30-44(42)46)47(37-23-19-33(20-24-37)32-11-5-3-6-12-32)38-25-21-35(22-26-38)40-28-31-17-18-36(40)27-31/h4,7-10,13-16,19-26,29-32,36,40H,3,5-6,11-12,17-18,27-28H2,1-2H3. The average Bonchev–Trinajstić information content (AvgIpc) is 3.83. The first-order valence-corrected chi connectivity index (χ1v) is 18.4. The van der Waals surface area contributed by atoms with E-state index in [1.807, 2.05) is 0 Å². The molecule has 4 aliphatic carbocycles. The molecule has 0 N–H and O–H groups in total. The number of benzene rings is 5. The third kappa shape index (κ3) is 4.97. The van der Waals surface area contributed by atoms with Crippen LogP contribution >= 0.6 is 0 Å². The Morgan fingerprint density at radius 2 is 1.23 bits per heavy atom. The Hall–Kier alpha value is -4.10. The summed E-state index contributed by atoms with van der Waals surface area (Å²) in [6.07, 6.45) is 12.5. The van der Waals surface area contributed by atoms with Gasteiger partial charge in [-0.15, -0.1) is 0 Å². The maximum absolute atomic E-state index is 2.55. The molecule has 3 atom stereocenters. The monoisotopic (exact) mass is 613 g/mol. The fourth-order valence-electron chi connectivity index (χ4n) is 10.1. The van der Waals surface area contributed by atoms with Gasteiger partial charge in [-0.3, -0.25) is 0 Å².